The van der Waals surface area contributed by atoms with Crippen molar-refractivity contribution >= 4 is 17.6 Å². The van der Waals surface area contributed by atoms with E-state index in [2.05, 4.69) is 10.2 Å². The van der Waals surface area contributed by atoms with Crippen molar-refractivity contribution in [3.63, 3.8) is 0 Å². The number of hydrogen-bond donors (Lipinski definition) is 3. The van der Waals surface area contributed by atoms with E-state index >= 15 is 0 Å². The second-order valence-corrected chi connectivity index (χ2v) is 7.61. The van der Waals surface area contributed by atoms with Crippen LogP contribution in [0.25, 0.3) is 0 Å². The van der Waals surface area contributed by atoms with E-state index < -0.39 is 16.9 Å². The number of rotatable bonds is 10. The van der Waals surface area contributed by atoms with Crippen molar-refractivity contribution in [3.8, 4) is 0 Å². The van der Waals surface area contributed by atoms with Crippen LogP contribution >= 0.6 is 0 Å². The van der Waals surface area contributed by atoms with Crippen LogP contribution in [-0.4, -0.2) is 107 Å². The molecule has 1 saturated heterocycles. The number of hydrogen-bond acceptors (Lipinski definition) is 8. The average molecular weight is 435 g/mol. The van der Waals surface area contributed by atoms with Gasteiger partial charge in [0.25, 0.3) is 5.69 Å². The van der Waals surface area contributed by atoms with Crippen LogP contribution in [0.5, 0.6) is 0 Å². The van der Waals surface area contributed by atoms with Gasteiger partial charge in [0.2, 0.25) is 0 Å². The number of benzene rings is 1. The lowest BCUT2D eigenvalue weighted by atomic mass is 10.0. The Morgan fingerprint density at radius 1 is 1.03 bits per heavy atom. The molecule has 2 rings (SSSR count). The number of carbonyl (C=O) groups is 2. The molecular formula is C20H29N5O6. The quantitative estimate of drug-likeness (QED) is 0.336. The van der Waals surface area contributed by atoms with E-state index in [1.165, 1.54) is 12.1 Å². The Morgan fingerprint density at radius 3 is 2.19 bits per heavy atom. The predicted molar refractivity (Wildman–Crippen MR) is 113 cm³/mol. The topological polar surface area (TPSA) is 139 Å². The third-order valence-corrected chi connectivity index (χ3v) is 5.15. The molecule has 11 heteroatoms. The van der Waals surface area contributed by atoms with E-state index in [4.69, 9.17) is 17.3 Å². The fourth-order valence-electron chi connectivity index (χ4n) is 3.47. The summed E-state index contributed by atoms with van der Waals surface area (Å²) in [4.78, 5) is 38.2. The van der Waals surface area contributed by atoms with Crippen LogP contribution in [0.15, 0.2) is 24.3 Å². The van der Waals surface area contributed by atoms with Crippen molar-refractivity contribution in [2.45, 2.75) is 12.5 Å². The van der Waals surface area contributed by atoms with E-state index in [1.807, 2.05) is 4.90 Å². The zero-order valence-corrected chi connectivity index (χ0v) is 17.4. The van der Waals surface area contributed by atoms with Crippen molar-refractivity contribution < 1.29 is 24.7 Å². The molecule has 1 aromatic carbocycles. The molecule has 0 spiro atoms. The van der Waals surface area contributed by atoms with Crippen LogP contribution in [-0.2, 0) is 16.0 Å². The highest BCUT2D eigenvalue weighted by Crippen LogP contribution is 2.14. The lowest BCUT2D eigenvalue weighted by Crippen LogP contribution is -2.47. The molecule has 0 saturated carbocycles. The molecule has 0 amide bonds. The minimum absolute atomic E-state index is 0.000345. The third kappa shape index (κ3) is 9.39. The molecule has 31 heavy (non-hydrogen) atoms. The zero-order chi connectivity index (χ0) is 22.8. The summed E-state index contributed by atoms with van der Waals surface area (Å²) >= 11 is 0. The molecule has 3 N–H and O–H groups in total. The summed E-state index contributed by atoms with van der Waals surface area (Å²) in [6.07, 6.45) is 0.493. The first kappa shape index (κ1) is 24.7. The number of carboxylic acids is 2. The highest BCUT2D eigenvalue weighted by molar-refractivity contribution is 5.69. The second kappa shape index (κ2) is 12.3. The molecule has 1 fully saturated rings. The van der Waals surface area contributed by atoms with Gasteiger partial charge in [-0.05, 0) is 12.0 Å². The van der Waals surface area contributed by atoms with Gasteiger partial charge in [-0.25, -0.2) is 0 Å². The van der Waals surface area contributed by atoms with Crippen molar-refractivity contribution in [1.82, 2.24) is 20.0 Å². The van der Waals surface area contributed by atoms with Gasteiger partial charge in [0.05, 0.1) is 18.0 Å². The van der Waals surface area contributed by atoms with Gasteiger partial charge in [-0.3, -0.25) is 34.4 Å². The predicted octanol–water partition coefficient (Wildman–Crippen LogP) is -0.147. The molecule has 1 aromatic rings. The standard InChI is InChI=1S/C20H29N5O6/c1-22-6-8-23(10-11-24(9-7-22)15-20(28)29)14-17(21-13-19(26)27)12-16-2-4-18(5-3-16)25(30)31/h1-5,17,21H,6-15H2,(H,26,27)(H,28,29). The molecule has 1 heterocycles. The van der Waals surface area contributed by atoms with Gasteiger partial charge in [-0.2, -0.15) is 0 Å². The second-order valence-electron chi connectivity index (χ2n) is 7.61. The summed E-state index contributed by atoms with van der Waals surface area (Å²) in [5.41, 5.74) is 0.853. The van der Waals surface area contributed by atoms with Crippen LogP contribution in [0.1, 0.15) is 5.56 Å². The summed E-state index contributed by atoms with van der Waals surface area (Å²) in [5, 5.41) is 32.1. The van der Waals surface area contributed by atoms with Gasteiger partial charge in [-0.1, -0.05) is 12.1 Å². The smallest absolute Gasteiger partial charge is 0.317 e. The molecule has 170 valence electrons. The monoisotopic (exact) mass is 435 g/mol. The Morgan fingerprint density at radius 2 is 1.61 bits per heavy atom. The summed E-state index contributed by atoms with van der Waals surface area (Å²) < 4.78 is 0. The minimum atomic E-state index is -0.973. The SMILES string of the molecule is [CH]N1CCN(CC(=O)O)CCN(CC(Cc2ccc([N+](=O)[O-])cc2)NCC(=O)O)CC1. The summed E-state index contributed by atoms with van der Waals surface area (Å²) in [6.45, 7) is 3.80. The van der Waals surface area contributed by atoms with Crippen molar-refractivity contribution in [2.75, 3.05) is 58.9 Å². The number of nitro benzene ring substituents is 1. The van der Waals surface area contributed by atoms with Gasteiger partial charge < -0.3 is 15.5 Å². The van der Waals surface area contributed by atoms with E-state index in [0.29, 0.717) is 52.2 Å². The van der Waals surface area contributed by atoms with Gasteiger partial charge in [-0.15, -0.1) is 0 Å². The molecule has 2 radical (unpaired) electrons. The average Bonchev–Trinajstić information content (AvgIpc) is 2.78. The van der Waals surface area contributed by atoms with Gasteiger partial charge in [0, 0.05) is 71.0 Å². The Balaban J connectivity index is 2.06. The van der Waals surface area contributed by atoms with Gasteiger partial charge in [0.15, 0.2) is 0 Å². The Hall–Kier alpha value is -2.60. The number of non-ortho nitro benzene ring substituents is 1. The number of aliphatic carboxylic acids is 2. The van der Waals surface area contributed by atoms with E-state index in [9.17, 15) is 19.7 Å². The maximum atomic E-state index is 11.1. The lowest BCUT2D eigenvalue weighted by molar-refractivity contribution is -0.384. The maximum absolute atomic E-state index is 11.1. The first-order valence-electron chi connectivity index (χ1n) is 10.1. The zero-order valence-electron chi connectivity index (χ0n) is 17.4. The lowest BCUT2D eigenvalue weighted by Gasteiger charge is -2.29. The van der Waals surface area contributed by atoms with Crippen molar-refractivity contribution in [3.05, 3.63) is 47.0 Å². The number of nitro groups is 1. The molecule has 1 atom stereocenters. The highest BCUT2D eigenvalue weighted by atomic mass is 16.6. The number of carboxylic acid groups (broad SMARTS) is 2. The molecule has 1 aliphatic rings. The fraction of sp³-hybridized carbons (Fsp3) is 0.550. The summed E-state index contributed by atoms with van der Waals surface area (Å²) in [5.74, 6) is -1.87. The largest absolute Gasteiger partial charge is 0.480 e. The molecule has 0 aliphatic carbocycles. The maximum Gasteiger partial charge on any atom is 0.317 e. The molecule has 0 aromatic heterocycles. The first-order chi connectivity index (χ1) is 14.7. The van der Waals surface area contributed by atoms with E-state index in [-0.39, 0.29) is 24.8 Å². The molecule has 1 aliphatic heterocycles. The van der Waals surface area contributed by atoms with Crippen molar-refractivity contribution in [2.24, 2.45) is 0 Å². The normalized spacial score (nSPS) is 18.0. The van der Waals surface area contributed by atoms with Crippen LogP contribution in [0.2, 0.25) is 0 Å². The molecule has 0 bridgehead atoms. The van der Waals surface area contributed by atoms with Crippen LogP contribution < -0.4 is 5.32 Å². The Kier molecular flexibility index (Phi) is 9.79. The Labute approximate surface area is 181 Å². The van der Waals surface area contributed by atoms with Crippen molar-refractivity contribution in [1.29, 1.82) is 0 Å². The number of nitrogens with zero attached hydrogens (tertiary/aromatic N) is 4. The summed E-state index contributed by atoms with van der Waals surface area (Å²) in [6, 6.07) is 5.99. The fourth-order valence-corrected chi connectivity index (χ4v) is 3.47. The van der Waals surface area contributed by atoms with Crippen LogP contribution in [0.3, 0.4) is 0 Å². The van der Waals surface area contributed by atoms with Crippen LogP contribution in [0.4, 0.5) is 5.69 Å². The minimum Gasteiger partial charge on any atom is -0.480 e. The molecule has 11 nitrogen and oxygen atoms in total. The molecule has 1 unspecified atom stereocenters. The van der Waals surface area contributed by atoms with Gasteiger partial charge in [0.1, 0.15) is 0 Å². The third-order valence-electron chi connectivity index (χ3n) is 5.15. The van der Waals surface area contributed by atoms with Crippen LogP contribution in [0, 0.1) is 17.2 Å². The van der Waals surface area contributed by atoms with E-state index in [1.54, 1.807) is 17.0 Å². The first-order valence-corrected chi connectivity index (χ1v) is 10.1. The molecular weight excluding hydrogens is 406 g/mol. The van der Waals surface area contributed by atoms with E-state index in [0.717, 1.165) is 5.56 Å². The summed E-state index contributed by atoms with van der Waals surface area (Å²) in [7, 11) is 6.00. The number of nitrogens with one attached hydrogen (secondary N) is 1. The Bertz CT molecular complexity index is 744. The highest BCUT2D eigenvalue weighted by Gasteiger charge is 2.20. The van der Waals surface area contributed by atoms with Gasteiger partial charge >= 0.3 is 11.9 Å².